The summed E-state index contributed by atoms with van der Waals surface area (Å²) in [6, 6.07) is 2.88. The topological polar surface area (TPSA) is 140 Å². The van der Waals surface area contributed by atoms with Crippen LogP contribution in [0.1, 0.15) is 36.3 Å². The highest BCUT2D eigenvalue weighted by atomic mass is 19.4. The van der Waals surface area contributed by atoms with Gasteiger partial charge in [0.25, 0.3) is 5.91 Å². The van der Waals surface area contributed by atoms with E-state index in [1.54, 1.807) is 17.9 Å². The van der Waals surface area contributed by atoms with Gasteiger partial charge in [-0.15, -0.1) is 0 Å². The van der Waals surface area contributed by atoms with Crippen molar-refractivity contribution in [2.75, 3.05) is 25.1 Å². The highest BCUT2D eigenvalue weighted by Crippen LogP contribution is 2.40. The fourth-order valence-corrected chi connectivity index (χ4v) is 3.90. The van der Waals surface area contributed by atoms with Crippen LogP contribution in [0.15, 0.2) is 24.5 Å². The van der Waals surface area contributed by atoms with Crippen LogP contribution in [0.4, 0.5) is 23.7 Å². The number of carbonyl (C=O) groups is 2. The third-order valence-corrected chi connectivity index (χ3v) is 5.67. The van der Waals surface area contributed by atoms with Crippen molar-refractivity contribution in [3.8, 4) is 23.1 Å². The second-order valence-corrected chi connectivity index (χ2v) is 8.34. The van der Waals surface area contributed by atoms with E-state index in [9.17, 15) is 33.1 Å². The Morgan fingerprint density at radius 3 is 2.69 bits per heavy atom. The van der Waals surface area contributed by atoms with Crippen molar-refractivity contribution in [2.45, 2.75) is 38.0 Å². The van der Waals surface area contributed by atoms with Crippen LogP contribution in [0.5, 0.6) is 5.88 Å². The summed E-state index contributed by atoms with van der Waals surface area (Å²) in [5, 5.41) is 23.3. The van der Waals surface area contributed by atoms with Gasteiger partial charge in [0.1, 0.15) is 17.8 Å². The average molecular weight is 492 g/mol. The van der Waals surface area contributed by atoms with Crippen LogP contribution in [0.2, 0.25) is 0 Å². The molecule has 2 amide bonds. The van der Waals surface area contributed by atoms with Gasteiger partial charge in [-0.1, -0.05) is 0 Å². The predicted molar refractivity (Wildman–Crippen MR) is 118 cm³/mol. The molecular weight excluding hydrogens is 469 g/mol. The second kappa shape index (κ2) is 9.65. The van der Waals surface area contributed by atoms with E-state index in [0.29, 0.717) is 12.0 Å². The van der Waals surface area contributed by atoms with Crippen LogP contribution in [0.25, 0.3) is 11.1 Å². The number of rotatable bonds is 6. The second-order valence-electron chi connectivity index (χ2n) is 8.34. The molecule has 3 heterocycles. The van der Waals surface area contributed by atoms with Gasteiger partial charge in [0.05, 0.1) is 23.9 Å². The van der Waals surface area contributed by atoms with Gasteiger partial charge < -0.3 is 25.4 Å². The Bertz CT molecular complexity index is 1180. The van der Waals surface area contributed by atoms with Gasteiger partial charge in [0.2, 0.25) is 5.88 Å². The molecule has 1 fully saturated rings. The summed E-state index contributed by atoms with van der Waals surface area (Å²) < 4.78 is 44.5. The monoisotopic (exact) mass is 492 g/mol. The van der Waals surface area contributed by atoms with Crippen molar-refractivity contribution in [3.05, 3.63) is 35.8 Å². The molecule has 0 radical (unpaired) electrons. The number of halogens is 3. The number of anilines is 1. The Kier molecular flexibility index (Phi) is 7.04. The highest BCUT2D eigenvalue weighted by molar-refractivity contribution is 6.04. The summed E-state index contributed by atoms with van der Waals surface area (Å²) >= 11 is 0. The van der Waals surface area contributed by atoms with Crippen molar-refractivity contribution >= 4 is 17.7 Å². The molecule has 1 aliphatic heterocycles. The Balaban J connectivity index is 2.20. The summed E-state index contributed by atoms with van der Waals surface area (Å²) in [4.78, 5) is 34.0. The highest BCUT2D eigenvalue weighted by Gasteiger charge is 2.40. The molecule has 3 N–H and O–H groups in total. The van der Waals surface area contributed by atoms with E-state index < -0.39 is 29.8 Å². The number of nitrogens with zero attached hydrogens (tertiary/aromatic N) is 4. The number of nitrogens with one attached hydrogen (secondary N) is 2. The quantitative estimate of drug-likeness (QED) is 0.559. The molecular formula is C22H23F3N6O4. The fourth-order valence-electron chi connectivity index (χ4n) is 3.90. The van der Waals surface area contributed by atoms with Crippen LogP contribution in [0.3, 0.4) is 0 Å². The Morgan fingerprint density at radius 2 is 2.09 bits per heavy atom. The van der Waals surface area contributed by atoms with Crippen molar-refractivity contribution in [3.63, 3.8) is 0 Å². The van der Waals surface area contributed by atoms with Gasteiger partial charge in [-0.2, -0.15) is 18.4 Å². The maximum Gasteiger partial charge on any atom is 0.408 e. The molecule has 186 valence electrons. The minimum absolute atomic E-state index is 0.0755. The summed E-state index contributed by atoms with van der Waals surface area (Å²) in [5.41, 5.74) is -0.414. The molecule has 13 heteroatoms. The maximum absolute atomic E-state index is 13.1. The molecule has 3 rings (SSSR count). The lowest BCUT2D eigenvalue weighted by Crippen LogP contribution is -2.47. The summed E-state index contributed by atoms with van der Waals surface area (Å²) in [6.45, 7) is 2.84. The molecule has 1 aliphatic rings. The largest absolute Gasteiger partial charge is 0.481 e. The van der Waals surface area contributed by atoms with Crippen LogP contribution in [-0.2, 0) is 0 Å². The molecule has 0 aliphatic carbocycles. The van der Waals surface area contributed by atoms with Crippen LogP contribution < -0.4 is 20.3 Å². The zero-order valence-corrected chi connectivity index (χ0v) is 19.1. The van der Waals surface area contributed by atoms with Gasteiger partial charge >= 0.3 is 12.3 Å². The average Bonchev–Trinajstić information content (AvgIpc) is 3.17. The Labute approximate surface area is 198 Å². The first-order valence-corrected chi connectivity index (χ1v) is 10.5. The predicted octanol–water partition coefficient (Wildman–Crippen LogP) is 2.94. The molecule has 0 bridgehead atoms. The summed E-state index contributed by atoms with van der Waals surface area (Å²) in [7, 11) is 1.39. The number of nitriles is 1. The number of carbonyl (C=O) groups excluding carboxylic acids is 1. The Morgan fingerprint density at radius 1 is 1.37 bits per heavy atom. The number of hydrogen-bond acceptors (Lipinski definition) is 7. The molecule has 0 spiro atoms. The molecule has 1 unspecified atom stereocenters. The standard InChI is InChI=1S/C22H23F3N6O4/c1-12(22(23,24)25)29-19(32)14-10-28-15(9-26)17(13-4-6-27-16(8-13)35-3)18(14)31-7-5-21(2,11-31)30-20(33)34/h4,6,8,10,12,30H,5,7,11H2,1-3H3,(H,29,32)(H,33,34)/t12?,21-/m0/s1. The molecule has 0 aromatic carbocycles. The third-order valence-electron chi connectivity index (χ3n) is 5.67. The van der Waals surface area contributed by atoms with E-state index in [-0.39, 0.29) is 41.5 Å². The third kappa shape index (κ3) is 5.53. The summed E-state index contributed by atoms with van der Waals surface area (Å²) in [5.74, 6) is -0.833. The van der Waals surface area contributed by atoms with Gasteiger partial charge in [0, 0.05) is 37.1 Å². The molecule has 2 atom stereocenters. The number of carboxylic acid groups (broad SMARTS) is 1. The lowest BCUT2D eigenvalue weighted by atomic mass is 9.98. The van der Waals surface area contributed by atoms with Crippen LogP contribution >= 0.6 is 0 Å². The minimum atomic E-state index is -4.67. The lowest BCUT2D eigenvalue weighted by Gasteiger charge is -2.29. The SMILES string of the molecule is COc1cc(-c2c(C#N)ncc(C(=O)NC(C)C(F)(F)F)c2N2CC[C@](C)(NC(=O)O)C2)ccn1. The van der Waals surface area contributed by atoms with Crippen molar-refractivity contribution in [1.82, 2.24) is 20.6 Å². The molecule has 2 aromatic heterocycles. The molecule has 1 saturated heterocycles. The zero-order chi connectivity index (χ0) is 26.0. The number of pyridine rings is 2. The van der Waals surface area contributed by atoms with E-state index in [0.717, 1.165) is 13.1 Å². The Hall–Kier alpha value is -4.08. The van der Waals surface area contributed by atoms with E-state index in [1.807, 2.05) is 11.4 Å². The van der Waals surface area contributed by atoms with E-state index >= 15 is 0 Å². The van der Waals surface area contributed by atoms with E-state index in [1.165, 1.54) is 19.4 Å². The van der Waals surface area contributed by atoms with Crippen molar-refractivity contribution in [2.24, 2.45) is 0 Å². The maximum atomic E-state index is 13.1. The number of ether oxygens (including phenoxy) is 1. The lowest BCUT2D eigenvalue weighted by molar-refractivity contribution is -0.149. The first kappa shape index (κ1) is 25.5. The molecule has 10 nitrogen and oxygen atoms in total. The molecule has 0 saturated carbocycles. The van der Waals surface area contributed by atoms with E-state index in [4.69, 9.17) is 4.74 Å². The van der Waals surface area contributed by atoms with Gasteiger partial charge in [-0.3, -0.25) is 4.79 Å². The van der Waals surface area contributed by atoms with Gasteiger partial charge in [0.15, 0.2) is 0 Å². The number of hydrogen-bond donors (Lipinski definition) is 3. The minimum Gasteiger partial charge on any atom is -0.481 e. The molecule has 35 heavy (non-hydrogen) atoms. The van der Waals surface area contributed by atoms with E-state index in [2.05, 4.69) is 15.3 Å². The van der Waals surface area contributed by atoms with Crippen molar-refractivity contribution < 1.29 is 32.6 Å². The summed E-state index contributed by atoms with van der Waals surface area (Å²) in [6.07, 6.45) is -3.10. The normalized spacial score (nSPS) is 18.5. The smallest absolute Gasteiger partial charge is 0.408 e. The number of aromatic nitrogens is 2. The van der Waals surface area contributed by atoms with Gasteiger partial charge in [-0.25, -0.2) is 14.8 Å². The van der Waals surface area contributed by atoms with Crippen LogP contribution in [-0.4, -0.2) is 65.0 Å². The first-order valence-electron chi connectivity index (χ1n) is 10.5. The number of methoxy groups -OCH3 is 1. The molecule has 2 aromatic rings. The number of amides is 2. The van der Waals surface area contributed by atoms with Crippen molar-refractivity contribution in [1.29, 1.82) is 5.26 Å². The van der Waals surface area contributed by atoms with Crippen LogP contribution in [0, 0.1) is 11.3 Å². The zero-order valence-electron chi connectivity index (χ0n) is 19.1. The fraction of sp³-hybridized carbons (Fsp3) is 0.409. The first-order chi connectivity index (χ1) is 16.4. The number of alkyl halides is 3. The van der Waals surface area contributed by atoms with Gasteiger partial charge in [-0.05, 0) is 31.9 Å².